The van der Waals surface area contributed by atoms with Crippen LogP contribution in [0.4, 0.5) is 5.69 Å². The Bertz CT molecular complexity index is 427. The van der Waals surface area contributed by atoms with E-state index in [2.05, 4.69) is 19.2 Å². The minimum absolute atomic E-state index is 0.113. The van der Waals surface area contributed by atoms with Crippen molar-refractivity contribution in [3.05, 3.63) is 29.8 Å². The molecule has 1 rings (SSSR count). The van der Waals surface area contributed by atoms with E-state index in [-0.39, 0.29) is 5.91 Å². The minimum atomic E-state index is 0.113. The summed E-state index contributed by atoms with van der Waals surface area (Å²) in [6, 6.07) is 8.30. The van der Waals surface area contributed by atoms with Crippen LogP contribution in [0.15, 0.2) is 24.3 Å². The molecule has 3 heteroatoms. The van der Waals surface area contributed by atoms with Gasteiger partial charge in [-0.15, -0.1) is 0 Å². The Balaban J connectivity index is 2.65. The Morgan fingerprint density at radius 1 is 1.19 bits per heavy atom. The largest absolute Gasteiger partial charge is 0.383 e. The van der Waals surface area contributed by atoms with Crippen molar-refractivity contribution < 1.29 is 4.79 Å². The first kappa shape index (κ1) is 17.5. The van der Waals surface area contributed by atoms with Crippen LogP contribution >= 0.6 is 0 Å². The van der Waals surface area contributed by atoms with Gasteiger partial charge in [-0.3, -0.25) is 4.79 Å². The van der Waals surface area contributed by atoms with Crippen molar-refractivity contribution in [2.24, 2.45) is 0 Å². The second kappa shape index (κ2) is 9.43. The molecule has 0 heterocycles. The van der Waals surface area contributed by atoms with Crippen molar-refractivity contribution in [3.8, 4) is 0 Å². The number of hydrogen-bond acceptors (Lipinski definition) is 2. The summed E-state index contributed by atoms with van der Waals surface area (Å²) in [5, 5.41) is 3.50. The maximum absolute atomic E-state index is 12.4. The van der Waals surface area contributed by atoms with Gasteiger partial charge in [0.1, 0.15) is 0 Å². The van der Waals surface area contributed by atoms with Gasteiger partial charge in [0.2, 0.25) is 0 Å². The van der Waals surface area contributed by atoms with Crippen LogP contribution in [0.1, 0.15) is 63.7 Å². The van der Waals surface area contributed by atoms with Gasteiger partial charge in [0, 0.05) is 30.4 Å². The van der Waals surface area contributed by atoms with Gasteiger partial charge in [-0.05, 0) is 45.4 Å². The Hall–Kier alpha value is -1.51. The third-order valence-corrected chi connectivity index (χ3v) is 3.81. The Morgan fingerprint density at radius 3 is 2.52 bits per heavy atom. The van der Waals surface area contributed by atoms with E-state index in [1.165, 1.54) is 25.7 Å². The lowest BCUT2D eigenvalue weighted by atomic mass is 10.1. The zero-order chi connectivity index (χ0) is 15.7. The van der Waals surface area contributed by atoms with Crippen LogP contribution in [0, 0.1) is 0 Å². The molecule has 0 fully saturated rings. The highest BCUT2D eigenvalue weighted by Gasteiger charge is 2.12. The molecular formula is C18H30N2O. The number of benzene rings is 1. The van der Waals surface area contributed by atoms with Crippen molar-refractivity contribution in [2.45, 2.75) is 59.4 Å². The van der Waals surface area contributed by atoms with Crippen LogP contribution < -0.4 is 5.32 Å². The first-order valence-corrected chi connectivity index (χ1v) is 8.28. The third kappa shape index (κ3) is 5.78. The van der Waals surface area contributed by atoms with Gasteiger partial charge in [-0.1, -0.05) is 32.3 Å². The number of amides is 1. The summed E-state index contributed by atoms with van der Waals surface area (Å²) in [5.74, 6) is 0.113. The number of unbranched alkanes of at least 4 members (excludes halogenated alkanes) is 2. The van der Waals surface area contributed by atoms with Crippen molar-refractivity contribution in [2.75, 3.05) is 18.4 Å². The molecule has 0 aromatic heterocycles. The lowest BCUT2D eigenvalue weighted by molar-refractivity contribution is 0.0773. The summed E-state index contributed by atoms with van der Waals surface area (Å²) in [6.45, 7) is 9.95. The molecule has 3 nitrogen and oxygen atoms in total. The normalized spacial score (nSPS) is 12.0. The Kier molecular flexibility index (Phi) is 7.88. The molecule has 1 amide bonds. The predicted molar refractivity (Wildman–Crippen MR) is 90.9 cm³/mol. The highest BCUT2D eigenvalue weighted by Crippen LogP contribution is 2.15. The topological polar surface area (TPSA) is 32.3 Å². The van der Waals surface area contributed by atoms with E-state index >= 15 is 0 Å². The highest BCUT2D eigenvalue weighted by atomic mass is 16.2. The van der Waals surface area contributed by atoms with Gasteiger partial charge in [0.05, 0.1) is 0 Å². The van der Waals surface area contributed by atoms with Gasteiger partial charge in [0.15, 0.2) is 0 Å². The highest BCUT2D eigenvalue weighted by molar-refractivity contribution is 5.95. The molecule has 1 aromatic rings. The third-order valence-electron chi connectivity index (χ3n) is 3.81. The molecule has 1 atom stereocenters. The number of nitrogens with zero attached hydrogens (tertiary/aromatic N) is 1. The number of carbonyl (C=O) groups is 1. The lowest BCUT2D eigenvalue weighted by Gasteiger charge is -2.20. The van der Waals surface area contributed by atoms with Crippen molar-refractivity contribution in [1.29, 1.82) is 0 Å². The van der Waals surface area contributed by atoms with Gasteiger partial charge in [-0.25, -0.2) is 0 Å². The van der Waals surface area contributed by atoms with Crippen LogP contribution in [-0.4, -0.2) is 29.9 Å². The van der Waals surface area contributed by atoms with Gasteiger partial charge < -0.3 is 10.2 Å². The van der Waals surface area contributed by atoms with E-state index in [1.54, 1.807) is 0 Å². The Morgan fingerprint density at radius 2 is 1.90 bits per heavy atom. The Labute approximate surface area is 129 Å². The monoisotopic (exact) mass is 290 g/mol. The molecule has 1 unspecified atom stereocenters. The SMILES string of the molecule is CCCCCC(C)Nc1cccc(C(=O)N(CC)CC)c1. The fourth-order valence-electron chi connectivity index (χ4n) is 2.49. The molecule has 0 saturated carbocycles. The zero-order valence-corrected chi connectivity index (χ0v) is 14.0. The fourth-order valence-corrected chi connectivity index (χ4v) is 2.49. The smallest absolute Gasteiger partial charge is 0.253 e. The van der Waals surface area contributed by atoms with Crippen LogP contribution in [0.2, 0.25) is 0 Å². The molecule has 0 bridgehead atoms. The standard InChI is InChI=1S/C18H30N2O/c1-5-8-9-11-15(4)19-17-13-10-12-16(14-17)18(21)20(6-2)7-3/h10,12-15,19H,5-9,11H2,1-4H3. The molecule has 0 spiro atoms. The molecule has 0 aliphatic carbocycles. The maximum Gasteiger partial charge on any atom is 0.253 e. The van der Waals surface area contributed by atoms with Gasteiger partial charge >= 0.3 is 0 Å². The number of nitrogens with one attached hydrogen (secondary N) is 1. The fraction of sp³-hybridized carbons (Fsp3) is 0.611. The molecule has 1 N–H and O–H groups in total. The first-order chi connectivity index (χ1) is 10.1. The molecule has 0 saturated heterocycles. The van der Waals surface area contributed by atoms with Gasteiger partial charge in [0.25, 0.3) is 5.91 Å². The molecule has 0 radical (unpaired) electrons. The first-order valence-electron chi connectivity index (χ1n) is 8.28. The van der Waals surface area contributed by atoms with E-state index in [0.717, 1.165) is 24.3 Å². The van der Waals surface area contributed by atoms with E-state index in [0.29, 0.717) is 6.04 Å². The molecule has 118 valence electrons. The summed E-state index contributed by atoms with van der Waals surface area (Å²) >= 11 is 0. The van der Waals surface area contributed by atoms with Gasteiger partial charge in [-0.2, -0.15) is 0 Å². The van der Waals surface area contributed by atoms with Crippen molar-refractivity contribution in [1.82, 2.24) is 4.90 Å². The molecule has 21 heavy (non-hydrogen) atoms. The number of anilines is 1. The molecular weight excluding hydrogens is 260 g/mol. The number of rotatable bonds is 9. The average molecular weight is 290 g/mol. The molecule has 0 aliphatic heterocycles. The lowest BCUT2D eigenvalue weighted by Crippen LogP contribution is -2.30. The number of carbonyl (C=O) groups excluding carboxylic acids is 1. The number of hydrogen-bond donors (Lipinski definition) is 1. The van der Waals surface area contributed by atoms with Crippen LogP contribution in [0.3, 0.4) is 0 Å². The van der Waals surface area contributed by atoms with E-state index in [4.69, 9.17) is 0 Å². The summed E-state index contributed by atoms with van der Waals surface area (Å²) in [4.78, 5) is 14.2. The average Bonchev–Trinajstić information content (AvgIpc) is 2.49. The summed E-state index contributed by atoms with van der Waals surface area (Å²) < 4.78 is 0. The molecule has 0 aliphatic rings. The zero-order valence-electron chi connectivity index (χ0n) is 14.0. The second-order valence-electron chi connectivity index (χ2n) is 5.60. The van der Waals surface area contributed by atoms with Crippen molar-refractivity contribution in [3.63, 3.8) is 0 Å². The summed E-state index contributed by atoms with van der Waals surface area (Å²) in [7, 11) is 0. The quantitative estimate of drug-likeness (QED) is 0.677. The minimum Gasteiger partial charge on any atom is -0.383 e. The van der Waals surface area contributed by atoms with E-state index in [1.807, 2.05) is 43.0 Å². The molecule has 1 aromatic carbocycles. The second-order valence-corrected chi connectivity index (χ2v) is 5.60. The van der Waals surface area contributed by atoms with E-state index < -0.39 is 0 Å². The van der Waals surface area contributed by atoms with Crippen LogP contribution in [0.25, 0.3) is 0 Å². The van der Waals surface area contributed by atoms with Crippen LogP contribution in [0.5, 0.6) is 0 Å². The predicted octanol–water partition coefficient (Wildman–Crippen LogP) is 4.55. The van der Waals surface area contributed by atoms with Crippen LogP contribution in [-0.2, 0) is 0 Å². The summed E-state index contributed by atoms with van der Waals surface area (Å²) in [5.41, 5.74) is 1.81. The summed E-state index contributed by atoms with van der Waals surface area (Å²) in [6.07, 6.45) is 4.96. The maximum atomic E-state index is 12.4. The van der Waals surface area contributed by atoms with E-state index in [9.17, 15) is 4.79 Å². The van der Waals surface area contributed by atoms with Crippen molar-refractivity contribution >= 4 is 11.6 Å².